The van der Waals surface area contributed by atoms with Crippen LogP contribution in [0.25, 0.3) is 0 Å². The second-order valence-electron chi connectivity index (χ2n) is 7.91. The monoisotopic (exact) mass is 346 g/mol. The highest BCUT2D eigenvalue weighted by Crippen LogP contribution is 2.44. The van der Waals surface area contributed by atoms with Crippen LogP contribution < -0.4 is 5.32 Å². The first-order chi connectivity index (χ1) is 12.0. The highest BCUT2D eigenvalue weighted by atomic mass is 19.1. The van der Waals surface area contributed by atoms with Crippen molar-refractivity contribution in [1.82, 2.24) is 10.2 Å². The summed E-state index contributed by atoms with van der Waals surface area (Å²) in [5, 5.41) is 3.13. The average molecular weight is 346 g/mol. The van der Waals surface area contributed by atoms with Gasteiger partial charge in [-0.2, -0.15) is 0 Å². The molecule has 2 aliphatic rings. The first kappa shape index (κ1) is 18.4. The summed E-state index contributed by atoms with van der Waals surface area (Å²) in [7, 11) is 0. The van der Waals surface area contributed by atoms with E-state index in [4.69, 9.17) is 0 Å². The van der Waals surface area contributed by atoms with Crippen LogP contribution in [0.1, 0.15) is 62.5 Å². The minimum atomic E-state index is -0.168. The third-order valence-electron chi connectivity index (χ3n) is 5.82. The predicted octanol–water partition coefficient (Wildman–Crippen LogP) is 4.01. The summed E-state index contributed by atoms with van der Waals surface area (Å²) in [6, 6.07) is 5.71. The Hall–Kier alpha value is -1.42. The maximum absolute atomic E-state index is 13.5. The van der Waals surface area contributed by atoms with Crippen molar-refractivity contribution in [3.8, 4) is 0 Å². The highest BCUT2D eigenvalue weighted by Gasteiger charge is 2.34. The number of rotatable bonds is 7. The quantitative estimate of drug-likeness (QED) is 0.809. The number of carbonyl (C=O) groups is 1. The molecule has 1 N–H and O–H groups in total. The molecule has 138 valence electrons. The molecule has 3 nitrogen and oxygen atoms in total. The third-order valence-corrected chi connectivity index (χ3v) is 5.82. The molecule has 1 amide bonds. The van der Waals surface area contributed by atoms with Crippen LogP contribution in [0.4, 0.5) is 4.39 Å². The van der Waals surface area contributed by atoms with E-state index in [1.54, 1.807) is 6.92 Å². The maximum atomic E-state index is 13.5. The molecule has 0 aromatic heterocycles. The van der Waals surface area contributed by atoms with Gasteiger partial charge >= 0.3 is 0 Å². The van der Waals surface area contributed by atoms with E-state index in [1.165, 1.54) is 38.2 Å². The van der Waals surface area contributed by atoms with Gasteiger partial charge < -0.3 is 5.32 Å². The number of amides is 1. The Morgan fingerprint density at radius 2 is 2.00 bits per heavy atom. The van der Waals surface area contributed by atoms with Crippen LogP contribution >= 0.6 is 0 Å². The topological polar surface area (TPSA) is 32.3 Å². The molecule has 1 saturated heterocycles. The van der Waals surface area contributed by atoms with E-state index < -0.39 is 0 Å². The molecule has 1 heterocycles. The van der Waals surface area contributed by atoms with Crippen molar-refractivity contribution in [3.05, 3.63) is 35.1 Å². The van der Waals surface area contributed by atoms with Gasteiger partial charge in [-0.25, -0.2) is 4.39 Å². The first-order valence-corrected chi connectivity index (χ1v) is 9.81. The van der Waals surface area contributed by atoms with Gasteiger partial charge in [-0.3, -0.25) is 9.69 Å². The van der Waals surface area contributed by atoms with Gasteiger partial charge in [0.05, 0.1) is 0 Å². The van der Waals surface area contributed by atoms with Crippen LogP contribution in [0, 0.1) is 18.7 Å². The molecule has 2 unspecified atom stereocenters. The van der Waals surface area contributed by atoms with Gasteiger partial charge in [0.2, 0.25) is 5.91 Å². The molecule has 1 aliphatic heterocycles. The second-order valence-corrected chi connectivity index (χ2v) is 7.91. The molecule has 0 spiro atoms. The molecule has 1 aliphatic carbocycles. The summed E-state index contributed by atoms with van der Waals surface area (Å²) >= 11 is 0. The molecule has 2 atom stereocenters. The molecule has 0 radical (unpaired) electrons. The molecule has 1 aromatic rings. The zero-order valence-corrected chi connectivity index (χ0v) is 15.6. The second kappa shape index (κ2) is 8.31. The van der Waals surface area contributed by atoms with Gasteiger partial charge in [0, 0.05) is 19.0 Å². The molecule has 3 rings (SSSR count). The lowest BCUT2D eigenvalue weighted by atomic mass is 9.89. The van der Waals surface area contributed by atoms with E-state index in [0.29, 0.717) is 23.9 Å². The van der Waals surface area contributed by atoms with Crippen LogP contribution in [0.3, 0.4) is 0 Å². The normalized spacial score (nSPS) is 20.9. The third kappa shape index (κ3) is 5.04. The Labute approximate surface area is 151 Å². The van der Waals surface area contributed by atoms with E-state index in [0.717, 1.165) is 25.2 Å². The van der Waals surface area contributed by atoms with Crippen molar-refractivity contribution < 1.29 is 9.18 Å². The molecule has 0 bridgehead atoms. The summed E-state index contributed by atoms with van der Waals surface area (Å²) in [5.74, 6) is 0.764. The lowest BCUT2D eigenvalue weighted by molar-refractivity contribution is -0.121. The summed E-state index contributed by atoms with van der Waals surface area (Å²) in [6.07, 6.45) is 6.74. The number of aryl methyl sites for hydroxylation is 1. The minimum Gasteiger partial charge on any atom is -0.355 e. The lowest BCUT2D eigenvalue weighted by Gasteiger charge is -2.32. The van der Waals surface area contributed by atoms with E-state index in [9.17, 15) is 9.18 Å². The van der Waals surface area contributed by atoms with Crippen molar-refractivity contribution in [2.45, 2.75) is 64.3 Å². The van der Waals surface area contributed by atoms with E-state index >= 15 is 0 Å². The van der Waals surface area contributed by atoms with Crippen LogP contribution in [0.2, 0.25) is 0 Å². The van der Waals surface area contributed by atoms with Crippen molar-refractivity contribution in [3.63, 3.8) is 0 Å². The van der Waals surface area contributed by atoms with E-state index in [1.807, 2.05) is 12.1 Å². The van der Waals surface area contributed by atoms with Crippen LogP contribution in [-0.2, 0) is 4.79 Å². The van der Waals surface area contributed by atoms with Gasteiger partial charge in [-0.05, 0) is 81.6 Å². The van der Waals surface area contributed by atoms with Gasteiger partial charge in [0.15, 0.2) is 0 Å². The number of nitrogens with one attached hydrogen (secondary N) is 1. The summed E-state index contributed by atoms with van der Waals surface area (Å²) in [6.45, 7) is 7.02. The predicted molar refractivity (Wildman–Crippen MR) is 99.1 cm³/mol. The SMILES string of the molecule is Cc1cc(C(CC(=O)NCC(C)N2CCCCC2)C2CC2)ccc1F. The van der Waals surface area contributed by atoms with Crippen LogP contribution in [0.15, 0.2) is 18.2 Å². The first-order valence-electron chi connectivity index (χ1n) is 9.81. The van der Waals surface area contributed by atoms with Crippen molar-refractivity contribution in [1.29, 1.82) is 0 Å². The lowest BCUT2D eigenvalue weighted by Crippen LogP contribution is -2.44. The fraction of sp³-hybridized carbons (Fsp3) is 0.667. The molecule has 1 saturated carbocycles. The number of carbonyl (C=O) groups excluding carboxylic acids is 1. The highest BCUT2D eigenvalue weighted by molar-refractivity contribution is 5.77. The van der Waals surface area contributed by atoms with E-state index in [2.05, 4.69) is 17.1 Å². The van der Waals surface area contributed by atoms with Gasteiger partial charge in [-0.15, -0.1) is 0 Å². The largest absolute Gasteiger partial charge is 0.355 e. The van der Waals surface area contributed by atoms with Crippen LogP contribution in [-0.4, -0.2) is 36.5 Å². The average Bonchev–Trinajstić information content (AvgIpc) is 3.46. The van der Waals surface area contributed by atoms with Crippen LogP contribution in [0.5, 0.6) is 0 Å². The Bertz CT molecular complexity index is 594. The summed E-state index contributed by atoms with van der Waals surface area (Å²) in [4.78, 5) is 15.0. The molecule has 2 fully saturated rings. The minimum absolute atomic E-state index is 0.128. The molecule has 25 heavy (non-hydrogen) atoms. The fourth-order valence-electron chi connectivity index (χ4n) is 3.98. The Balaban J connectivity index is 1.53. The van der Waals surface area contributed by atoms with Gasteiger partial charge in [-0.1, -0.05) is 18.6 Å². The Morgan fingerprint density at radius 3 is 2.64 bits per heavy atom. The number of hydrogen-bond donors (Lipinski definition) is 1. The van der Waals surface area contributed by atoms with Gasteiger partial charge in [0.25, 0.3) is 0 Å². The number of hydrogen-bond acceptors (Lipinski definition) is 2. The van der Waals surface area contributed by atoms with E-state index in [-0.39, 0.29) is 17.6 Å². The van der Waals surface area contributed by atoms with Crippen molar-refractivity contribution in [2.24, 2.45) is 5.92 Å². The molecular weight excluding hydrogens is 315 g/mol. The molecule has 1 aromatic carbocycles. The maximum Gasteiger partial charge on any atom is 0.220 e. The molecule has 4 heteroatoms. The van der Waals surface area contributed by atoms with Crippen molar-refractivity contribution >= 4 is 5.91 Å². The smallest absolute Gasteiger partial charge is 0.220 e. The van der Waals surface area contributed by atoms with Gasteiger partial charge in [0.1, 0.15) is 5.82 Å². The number of nitrogens with zero attached hydrogens (tertiary/aromatic N) is 1. The zero-order chi connectivity index (χ0) is 17.8. The zero-order valence-electron chi connectivity index (χ0n) is 15.6. The number of benzene rings is 1. The number of halogens is 1. The Kier molecular flexibility index (Phi) is 6.10. The summed E-state index contributed by atoms with van der Waals surface area (Å²) < 4.78 is 13.5. The number of likely N-dealkylation sites (tertiary alicyclic amines) is 1. The number of piperidine rings is 1. The molecular formula is C21H31FN2O. The standard InChI is InChI=1S/C21H31FN2O/c1-15-12-18(8-9-20(15)22)19(17-6-7-17)13-21(25)23-14-16(2)24-10-4-3-5-11-24/h8-9,12,16-17,19H,3-7,10-11,13-14H2,1-2H3,(H,23,25). The fourth-order valence-corrected chi connectivity index (χ4v) is 3.98. The summed E-state index contributed by atoms with van der Waals surface area (Å²) in [5.41, 5.74) is 1.78. The van der Waals surface area contributed by atoms with Crippen molar-refractivity contribution in [2.75, 3.05) is 19.6 Å². The Morgan fingerprint density at radius 1 is 1.28 bits per heavy atom.